The molecule has 0 radical (unpaired) electrons. The fraction of sp³-hybridized carbons (Fsp3) is 1.00. The Morgan fingerprint density at radius 1 is 1.00 bits per heavy atom. The molecule has 2 nitrogen and oxygen atoms in total. The van der Waals surface area contributed by atoms with Crippen molar-refractivity contribution in [2.24, 2.45) is 5.92 Å². The van der Waals surface area contributed by atoms with E-state index in [-0.39, 0.29) is 6.10 Å². The molecule has 0 aromatic rings. The molecule has 2 aliphatic rings. The highest BCUT2D eigenvalue weighted by Gasteiger charge is 2.29. The van der Waals surface area contributed by atoms with Crippen LogP contribution in [0.4, 0.5) is 0 Å². The summed E-state index contributed by atoms with van der Waals surface area (Å²) in [6, 6.07) is 1.47. The Morgan fingerprint density at radius 3 is 2.15 bits per heavy atom. The second kappa shape index (κ2) is 3.97. The summed E-state index contributed by atoms with van der Waals surface area (Å²) in [7, 11) is 0. The van der Waals surface area contributed by atoms with E-state index in [0.29, 0.717) is 6.04 Å². The minimum atomic E-state index is -0.0168. The van der Waals surface area contributed by atoms with Crippen LogP contribution in [0.15, 0.2) is 0 Å². The van der Waals surface area contributed by atoms with Gasteiger partial charge in [0.05, 0.1) is 6.10 Å². The van der Waals surface area contributed by atoms with Crippen molar-refractivity contribution in [3.05, 3.63) is 0 Å². The summed E-state index contributed by atoms with van der Waals surface area (Å²) in [4.78, 5) is 0. The van der Waals surface area contributed by atoms with Crippen molar-refractivity contribution in [1.82, 2.24) is 5.32 Å². The van der Waals surface area contributed by atoms with Gasteiger partial charge in [-0.25, -0.2) is 0 Å². The van der Waals surface area contributed by atoms with Crippen LogP contribution in [0.1, 0.15) is 45.4 Å². The van der Waals surface area contributed by atoms with Crippen LogP contribution in [-0.2, 0) is 0 Å². The molecular weight excluding hydrogens is 162 g/mol. The number of rotatable bonds is 2. The molecule has 2 rings (SSSR count). The zero-order chi connectivity index (χ0) is 9.26. The van der Waals surface area contributed by atoms with Gasteiger partial charge in [0.25, 0.3) is 0 Å². The Hall–Kier alpha value is -0.0800. The predicted octanol–water partition coefficient (Wildman–Crippen LogP) is 1.68. The molecule has 2 saturated carbocycles. The lowest BCUT2D eigenvalue weighted by atomic mass is 9.80. The largest absolute Gasteiger partial charge is 0.393 e. The normalized spacial score (nSPS) is 45.7. The maximum atomic E-state index is 9.36. The Labute approximate surface area is 80.7 Å². The fourth-order valence-electron chi connectivity index (χ4n) is 2.46. The minimum Gasteiger partial charge on any atom is -0.393 e. The van der Waals surface area contributed by atoms with E-state index in [1.165, 1.54) is 25.7 Å². The molecule has 0 aromatic carbocycles. The molecule has 2 aliphatic carbocycles. The lowest BCUT2D eigenvalue weighted by Crippen LogP contribution is -2.48. The molecule has 0 aliphatic heterocycles. The predicted molar refractivity (Wildman–Crippen MR) is 53.6 cm³/mol. The quantitative estimate of drug-likeness (QED) is 0.682. The summed E-state index contributed by atoms with van der Waals surface area (Å²) in [5.41, 5.74) is 0. The molecule has 2 N–H and O–H groups in total. The standard InChI is InChI=1S/C11H21NO/c1-8-2-7-11(8)12-9-3-5-10(13)6-4-9/h8-13H,2-7H2,1H3. The van der Waals surface area contributed by atoms with Gasteiger partial charge < -0.3 is 10.4 Å². The van der Waals surface area contributed by atoms with Crippen molar-refractivity contribution < 1.29 is 5.11 Å². The number of nitrogens with one attached hydrogen (secondary N) is 1. The van der Waals surface area contributed by atoms with Gasteiger partial charge in [0, 0.05) is 12.1 Å². The number of aliphatic hydroxyl groups is 1. The van der Waals surface area contributed by atoms with E-state index >= 15 is 0 Å². The SMILES string of the molecule is CC1CCC1NC1CCC(O)CC1. The van der Waals surface area contributed by atoms with E-state index in [4.69, 9.17) is 0 Å². The van der Waals surface area contributed by atoms with Crippen LogP contribution >= 0.6 is 0 Å². The molecule has 2 fully saturated rings. The van der Waals surface area contributed by atoms with E-state index in [2.05, 4.69) is 12.2 Å². The van der Waals surface area contributed by atoms with Crippen molar-refractivity contribution in [3.63, 3.8) is 0 Å². The first-order valence-corrected chi connectivity index (χ1v) is 5.70. The van der Waals surface area contributed by atoms with Crippen molar-refractivity contribution in [2.75, 3.05) is 0 Å². The second-order valence-corrected chi connectivity index (χ2v) is 4.83. The Kier molecular flexibility index (Phi) is 2.89. The van der Waals surface area contributed by atoms with Crippen LogP contribution < -0.4 is 5.32 Å². The molecule has 0 amide bonds. The zero-order valence-electron chi connectivity index (χ0n) is 8.50. The van der Waals surface area contributed by atoms with Crippen molar-refractivity contribution in [2.45, 2.75) is 63.6 Å². The van der Waals surface area contributed by atoms with E-state index in [0.717, 1.165) is 24.8 Å². The van der Waals surface area contributed by atoms with Gasteiger partial charge in [-0.1, -0.05) is 6.92 Å². The smallest absolute Gasteiger partial charge is 0.0541 e. The van der Waals surface area contributed by atoms with Gasteiger partial charge in [0.1, 0.15) is 0 Å². The van der Waals surface area contributed by atoms with Crippen molar-refractivity contribution in [3.8, 4) is 0 Å². The summed E-state index contributed by atoms with van der Waals surface area (Å²) in [5.74, 6) is 0.881. The molecule has 0 spiro atoms. The van der Waals surface area contributed by atoms with E-state index in [9.17, 15) is 5.11 Å². The van der Waals surface area contributed by atoms with Gasteiger partial charge in [0.15, 0.2) is 0 Å². The van der Waals surface area contributed by atoms with Crippen LogP contribution in [0, 0.1) is 5.92 Å². The minimum absolute atomic E-state index is 0.0168. The van der Waals surface area contributed by atoms with Crippen LogP contribution in [-0.4, -0.2) is 23.3 Å². The molecular formula is C11H21NO. The molecule has 2 unspecified atom stereocenters. The molecule has 2 atom stereocenters. The molecule has 76 valence electrons. The first-order chi connectivity index (χ1) is 6.25. The van der Waals surface area contributed by atoms with Crippen LogP contribution in [0.2, 0.25) is 0 Å². The van der Waals surface area contributed by atoms with E-state index in [1.54, 1.807) is 0 Å². The van der Waals surface area contributed by atoms with E-state index < -0.39 is 0 Å². The number of hydrogen-bond donors (Lipinski definition) is 2. The van der Waals surface area contributed by atoms with Crippen LogP contribution in [0.3, 0.4) is 0 Å². The molecule has 0 aromatic heterocycles. The molecule has 0 bridgehead atoms. The highest BCUT2D eigenvalue weighted by molar-refractivity contribution is 4.88. The van der Waals surface area contributed by atoms with Crippen LogP contribution in [0.5, 0.6) is 0 Å². The van der Waals surface area contributed by atoms with Crippen molar-refractivity contribution >= 4 is 0 Å². The summed E-state index contributed by atoms with van der Waals surface area (Å²) >= 11 is 0. The maximum absolute atomic E-state index is 9.36. The lowest BCUT2D eigenvalue weighted by molar-refractivity contribution is 0.103. The third kappa shape index (κ3) is 2.23. The maximum Gasteiger partial charge on any atom is 0.0541 e. The third-order valence-corrected chi connectivity index (χ3v) is 3.77. The first kappa shape index (κ1) is 9.47. The lowest BCUT2D eigenvalue weighted by Gasteiger charge is -2.39. The van der Waals surface area contributed by atoms with Gasteiger partial charge in [-0.15, -0.1) is 0 Å². The van der Waals surface area contributed by atoms with Gasteiger partial charge in [-0.05, 0) is 44.4 Å². The Balaban J connectivity index is 1.70. The van der Waals surface area contributed by atoms with Gasteiger partial charge >= 0.3 is 0 Å². The van der Waals surface area contributed by atoms with Crippen molar-refractivity contribution in [1.29, 1.82) is 0 Å². The topological polar surface area (TPSA) is 32.3 Å². The average molecular weight is 183 g/mol. The highest BCUT2D eigenvalue weighted by Crippen LogP contribution is 2.29. The fourth-order valence-corrected chi connectivity index (χ4v) is 2.46. The molecule has 2 heteroatoms. The summed E-state index contributed by atoms with van der Waals surface area (Å²) in [6.07, 6.45) is 7.08. The van der Waals surface area contributed by atoms with E-state index in [1.807, 2.05) is 0 Å². The second-order valence-electron chi connectivity index (χ2n) is 4.83. The zero-order valence-corrected chi connectivity index (χ0v) is 8.50. The molecule has 13 heavy (non-hydrogen) atoms. The van der Waals surface area contributed by atoms with Gasteiger partial charge in [-0.3, -0.25) is 0 Å². The molecule has 0 heterocycles. The number of hydrogen-bond acceptors (Lipinski definition) is 2. The molecule has 0 saturated heterocycles. The monoisotopic (exact) mass is 183 g/mol. The van der Waals surface area contributed by atoms with Gasteiger partial charge in [0.2, 0.25) is 0 Å². The third-order valence-electron chi connectivity index (χ3n) is 3.77. The summed E-state index contributed by atoms with van der Waals surface area (Å²) < 4.78 is 0. The van der Waals surface area contributed by atoms with Gasteiger partial charge in [-0.2, -0.15) is 0 Å². The number of aliphatic hydroxyl groups excluding tert-OH is 1. The summed E-state index contributed by atoms with van der Waals surface area (Å²) in [6.45, 7) is 2.33. The Morgan fingerprint density at radius 2 is 1.69 bits per heavy atom. The first-order valence-electron chi connectivity index (χ1n) is 5.70. The summed E-state index contributed by atoms with van der Waals surface area (Å²) in [5, 5.41) is 13.1. The highest BCUT2D eigenvalue weighted by atomic mass is 16.3. The Bertz CT molecular complexity index is 163. The average Bonchev–Trinajstić information content (AvgIpc) is 2.15. The van der Waals surface area contributed by atoms with Crippen LogP contribution in [0.25, 0.3) is 0 Å².